The minimum absolute atomic E-state index is 0.000193. The third-order valence-electron chi connectivity index (χ3n) is 10.1. The van der Waals surface area contributed by atoms with Crippen LogP contribution in [0.3, 0.4) is 0 Å². The van der Waals surface area contributed by atoms with Gasteiger partial charge in [0.05, 0.1) is 6.10 Å². The van der Waals surface area contributed by atoms with E-state index in [1.54, 1.807) is 13.8 Å². The first-order chi connectivity index (χ1) is 29.4. The molecule has 6 atom stereocenters. The molecule has 0 aliphatic carbocycles. The van der Waals surface area contributed by atoms with Crippen LogP contribution in [0.4, 0.5) is 0 Å². The number of carbonyl (C=O) groups is 6. The molecule has 0 fully saturated rings. The molecule has 0 spiro atoms. The topological polar surface area (TPSA) is 358 Å². The van der Waals surface area contributed by atoms with E-state index in [1.807, 2.05) is 0 Å². The molecule has 6 unspecified atom stereocenters. The highest BCUT2D eigenvalue weighted by molar-refractivity contribution is 5.96. The Morgan fingerprint density at radius 2 is 0.968 bits per heavy atom. The molecule has 0 saturated heterocycles. The van der Waals surface area contributed by atoms with Crippen LogP contribution in [0.5, 0.6) is 0 Å². The normalized spacial score (nSPS) is 14.0. The summed E-state index contributed by atoms with van der Waals surface area (Å²) in [7, 11) is 0. The molecule has 0 rings (SSSR count). The number of hydrogen-bond acceptors (Lipinski definition) is 10. The summed E-state index contributed by atoms with van der Waals surface area (Å²) in [5.74, 6) is -5.19. The van der Waals surface area contributed by atoms with E-state index in [0.29, 0.717) is 25.8 Å². The van der Waals surface area contributed by atoms with Crippen molar-refractivity contribution in [3.8, 4) is 0 Å². The van der Waals surface area contributed by atoms with E-state index in [4.69, 9.17) is 28.7 Å². The van der Waals surface area contributed by atoms with Gasteiger partial charge in [0.2, 0.25) is 29.5 Å². The van der Waals surface area contributed by atoms with E-state index in [1.165, 1.54) is 51.9 Å². The number of unbranched alkanes of at least 4 members (excludes halogenated alkanes) is 11. The Hall–Kier alpha value is -4.72. The number of carbonyl (C=O) groups excluding carboxylic acids is 5. The number of amides is 5. The average Bonchev–Trinajstić information content (AvgIpc) is 3.19. The monoisotopic (exact) mass is 883 g/mol. The number of aliphatic carboxylic acids is 1. The van der Waals surface area contributed by atoms with E-state index >= 15 is 0 Å². The fraction of sp³-hybridized carbons (Fsp3) is 0.810. The van der Waals surface area contributed by atoms with Crippen molar-refractivity contribution in [2.75, 3.05) is 19.6 Å². The van der Waals surface area contributed by atoms with Crippen LogP contribution in [0.2, 0.25) is 0 Å². The number of aliphatic hydroxyl groups excluding tert-OH is 1. The van der Waals surface area contributed by atoms with Crippen molar-refractivity contribution in [3.05, 3.63) is 0 Å². The van der Waals surface area contributed by atoms with Crippen LogP contribution in [0.15, 0.2) is 9.98 Å². The molecule has 0 aliphatic rings. The molecule has 20 heteroatoms. The van der Waals surface area contributed by atoms with Gasteiger partial charge in [-0.2, -0.15) is 0 Å². The lowest BCUT2D eigenvalue weighted by Gasteiger charge is -2.28. The maximum Gasteiger partial charge on any atom is 0.326 e. The van der Waals surface area contributed by atoms with Gasteiger partial charge >= 0.3 is 5.97 Å². The van der Waals surface area contributed by atoms with E-state index in [0.717, 1.165) is 19.3 Å². The van der Waals surface area contributed by atoms with Crippen LogP contribution in [0.1, 0.15) is 156 Å². The minimum Gasteiger partial charge on any atom is -0.480 e. The molecule has 0 heterocycles. The summed E-state index contributed by atoms with van der Waals surface area (Å²) in [5.41, 5.74) is 27.3. The molecule has 20 nitrogen and oxygen atoms in total. The fourth-order valence-electron chi connectivity index (χ4n) is 6.68. The number of aliphatic hydroxyl groups is 1. The maximum absolute atomic E-state index is 13.9. The van der Waals surface area contributed by atoms with Crippen LogP contribution in [0.25, 0.3) is 0 Å². The quantitative estimate of drug-likeness (QED) is 0.0234. The molecule has 62 heavy (non-hydrogen) atoms. The van der Waals surface area contributed by atoms with Gasteiger partial charge in [0.15, 0.2) is 11.9 Å². The average molecular weight is 883 g/mol. The van der Waals surface area contributed by atoms with Gasteiger partial charge in [-0.05, 0) is 77.2 Å². The molecular weight excluding hydrogens is 801 g/mol. The number of carboxylic acid groups (broad SMARTS) is 1. The third kappa shape index (κ3) is 28.7. The van der Waals surface area contributed by atoms with Gasteiger partial charge in [0, 0.05) is 19.5 Å². The van der Waals surface area contributed by atoms with Gasteiger partial charge in [0.1, 0.15) is 30.2 Å². The van der Waals surface area contributed by atoms with E-state index in [-0.39, 0.29) is 81.8 Å². The summed E-state index contributed by atoms with van der Waals surface area (Å²) >= 11 is 0. The number of guanidine groups is 2. The lowest BCUT2D eigenvalue weighted by molar-refractivity contribution is -0.142. The van der Waals surface area contributed by atoms with E-state index in [9.17, 15) is 39.0 Å². The molecule has 17 N–H and O–H groups in total. The van der Waals surface area contributed by atoms with Gasteiger partial charge < -0.3 is 65.5 Å². The van der Waals surface area contributed by atoms with Crippen LogP contribution < -0.4 is 55.3 Å². The zero-order valence-corrected chi connectivity index (χ0v) is 37.9. The van der Waals surface area contributed by atoms with Crippen LogP contribution >= 0.6 is 0 Å². The summed E-state index contributed by atoms with van der Waals surface area (Å²) in [6.45, 7) is 7.72. The van der Waals surface area contributed by atoms with Gasteiger partial charge in [-0.15, -0.1) is 0 Å². The highest BCUT2D eigenvalue weighted by Gasteiger charge is 2.34. The molecule has 0 aromatic heterocycles. The Kier molecular flexibility index (Phi) is 32.2. The van der Waals surface area contributed by atoms with Crippen molar-refractivity contribution < 1.29 is 39.0 Å². The second-order valence-corrected chi connectivity index (χ2v) is 16.5. The second kappa shape index (κ2) is 34.8. The number of nitrogens with two attached hydrogens (primary N) is 5. The zero-order valence-electron chi connectivity index (χ0n) is 37.9. The Balaban J connectivity index is 5.90. The SMILES string of the molecule is CCCCCCCCCCCCCC(=O)NC(CCCCN)C(=O)NC(CCCN=C(N)N)C(=O)NC(C(=O)NC(CC(C)C)C(=O)NC(CCCN=C(N)N)C(=O)O)C(C)O. The van der Waals surface area contributed by atoms with E-state index < -0.39 is 65.9 Å². The summed E-state index contributed by atoms with van der Waals surface area (Å²) in [6.07, 6.45) is 13.3. The molecule has 0 bridgehead atoms. The molecule has 5 amide bonds. The summed E-state index contributed by atoms with van der Waals surface area (Å²) in [5, 5.41) is 33.5. The largest absolute Gasteiger partial charge is 0.480 e. The van der Waals surface area contributed by atoms with Gasteiger partial charge in [-0.1, -0.05) is 85.0 Å². The lowest BCUT2D eigenvalue weighted by atomic mass is 10.0. The van der Waals surface area contributed by atoms with Crippen molar-refractivity contribution in [1.29, 1.82) is 0 Å². The third-order valence-corrected chi connectivity index (χ3v) is 10.1. The predicted molar refractivity (Wildman–Crippen MR) is 242 cm³/mol. The Morgan fingerprint density at radius 3 is 1.45 bits per heavy atom. The van der Waals surface area contributed by atoms with Crippen molar-refractivity contribution >= 4 is 47.4 Å². The first kappa shape index (κ1) is 57.3. The first-order valence-electron chi connectivity index (χ1n) is 22.7. The number of carboxylic acids is 1. The number of aliphatic imine (C=N–C) groups is 2. The smallest absolute Gasteiger partial charge is 0.326 e. The van der Waals surface area contributed by atoms with Crippen molar-refractivity contribution in [1.82, 2.24) is 26.6 Å². The van der Waals surface area contributed by atoms with Crippen LogP contribution in [-0.2, 0) is 28.8 Å². The minimum atomic E-state index is -1.59. The number of nitrogens with one attached hydrogen (secondary N) is 5. The summed E-state index contributed by atoms with van der Waals surface area (Å²) in [4.78, 5) is 87.5. The molecule has 358 valence electrons. The van der Waals surface area contributed by atoms with Crippen molar-refractivity contribution in [3.63, 3.8) is 0 Å². The van der Waals surface area contributed by atoms with E-state index in [2.05, 4.69) is 43.5 Å². The molecule has 0 aliphatic heterocycles. The molecule has 0 aromatic carbocycles. The molecule has 0 radical (unpaired) electrons. The Morgan fingerprint density at radius 1 is 0.532 bits per heavy atom. The molecular formula is C42H82N12O8. The van der Waals surface area contributed by atoms with Crippen LogP contribution in [0, 0.1) is 5.92 Å². The summed E-state index contributed by atoms with van der Waals surface area (Å²) in [6, 6.07) is -6.37. The maximum atomic E-state index is 13.9. The predicted octanol–water partition coefficient (Wildman–Crippen LogP) is 0.859. The lowest BCUT2D eigenvalue weighted by Crippen LogP contribution is -2.61. The fourth-order valence-corrected chi connectivity index (χ4v) is 6.68. The van der Waals surface area contributed by atoms with Crippen molar-refractivity contribution in [2.24, 2.45) is 44.6 Å². The van der Waals surface area contributed by atoms with Gasteiger partial charge in [0.25, 0.3) is 0 Å². The highest BCUT2D eigenvalue weighted by atomic mass is 16.4. The number of rotatable bonds is 37. The van der Waals surface area contributed by atoms with Gasteiger partial charge in [-0.25, -0.2) is 4.79 Å². The summed E-state index contributed by atoms with van der Waals surface area (Å²) < 4.78 is 0. The van der Waals surface area contributed by atoms with Gasteiger partial charge in [-0.3, -0.25) is 34.0 Å². The first-order valence-corrected chi connectivity index (χ1v) is 22.7. The molecule has 0 saturated carbocycles. The number of nitrogens with zero attached hydrogens (tertiary/aromatic N) is 2. The zero-order chi connectivity index (χ0) is 46.9. The number of hydrogen-bond donors (Lipinski definition) is 12. The molecule has 0 aromatic rings. The Bertz CT molecular complexity index is 1370. The standard InChI is InChI=1S/C42H82N12O8/c1-5-6-7-8-9-10-11-12-13-14-15-23-34(56)50-30(20-16-17-24-43)36(57)51-31(21-18-25-48-41(44)45)37(58)54-35(29(4)55)39(60)53-33(27-28(2)3)38(59)52-32(40(61)62)22-19-26-49-42(46)47/h28-33,35,55H,5-27,43H2,1-4H3,(H,50,56)(H,51,57)(H,52,59)(H,53,60)(H,54,58)(H,61,62)(H4,44,45,48)(H4,46,47,49). The van der Waals surface area contributed by atoms with Crippen molar-refractivity contribution in [2.45, 2.75) is 192 Å². The Labute approximate surface area is 368 Å². The van der Waals surface area contributed by atoms with Crippen LogP contribution in [-0.4, -0.2) is 114 Å². The highest BCUT2D eigenvalue weighted by Crippen LogP contribution is 2.13. The second-order valence-electron chi connectivity index (χ2n) is 16.5.